The minimum Gasteiger partial charge on any atom is -0.494 e. The Kier molecular flexibility index (Phi) is 8.58. The smallest absolute Gasteiger partial charge is 0.191 e. The highest BCUT2D eigenvalue weighted by Gasteiger charge is 2.34. The van der Waals surface area contributed by atoms with Crippen LogP contribution in [0, 0.1) is 0 Å². The van der Waals surface area contributed by atoms with Crippen molar-refractivity contribution in [2.24, 2.45) is 4.99 Å². The molecule has 6 heteroatoms. The number of benzene rings is 1. The Labute approximate surface area is 170 Å². The molecule has 1 aliphatic rings. The van der Waals surface area contributed by atoms with Crippen LogP contribution in [0.2, 0.25) is 0 Å². The number of nitrogens with zero attached hydrogens (tertiary/aromatic N) is 1. The number of hydrogen-bond acceptors (Lipinski definition) is 4. The fourth-order valence-electron chi connectivity index (χ4n) is 3.33. The lowest BCUT2D eigenvalue weighted by Gasteiger charge is -2.38. The lowest BCUT2D eigenvalue weighted by atomic mass is 9.74. The molecule has 0 bridgehead atoms. The van der Waals surface area contributed by atoms with Crippen LogP contribution in [0.1, 0.15) is 46.1 Å². The molecular weight excluding hydrogens is 354 g/mol. The van der Waals surface area contributed by atoms with E-state index in [0.29, 0.717) is 13.2 Å². The second kappa shape index (κ2) is 10.7. The Balaban J connectivity index is 2.14. The van der Waals surface area contributed by atoms with Gasteiger partial charge in [-0.2, -0.15) is 0 Å². The van der Waals surface area contributed by atoms with Gasteiger partial charge in [-0.25, -0.2) is 0 Å². The van der Waals surface area contributed by atoms with Crippen molar-refractivity contribution in [3.05, 3.63) is 29.8 Å². The third-order valence-electron chi connectivity index (χ3n) is 5.34. The summed E-state index contributed by atoms with van der Waals surface area (Å²) < 4.78 is 16.7. The number of ether oxygens (including phenoxy) is 3. The maximum atomic E-state index is 5.65. The highest BCUT2D eigenvalue weighted by atomic mass is 16.5. The van der Waals surface area contributed by atoms with Crippen molar-refractivity contribution in [2.45, 2.75) is 51.6 Å². The first kappa shape index (κ1) is 22.5. The number of guanidine groups is 1. The zero-order valence-electron chi connectivity index (χ0n) is 18.1. The summed E-state index contributed by atoms with van der Waals surface area (Å²) in [5.41, 5.74) is 1.06. The van der Waals surface area contributed by atoms with E-state index in [9.17, 15) is 0 Å². The van der Waals surface area contributed by atoms with Crippen LogP contribution in [-0.4, -0.2) is 58.1 Å². The molecule has 1 saturated heterocycles. The molecule has 0 unspecified atom stereocenters. The van der Waals surface area contributed by atoms with Gasteiger partial charge in [0.05, 0.1) is 18.8 Å². The molecule has 0 spiro atoms. The summed E-state index contributed by atoms with van der Waals surface area (Å²) in [4.78, 5) is 4.72. The molecule has 0 aromatic heterocycles. The molecule has 0 amide bonds. The number of aliphatic imine (C=N–C) groups is 1. The third kappa shape index (κ3) is 6.38. The van der Waals surface area contributed by atoms with E-state index < -0.39 is 0 Å². The van der Waals surface area contributed by atoms with Crippen LogP contribution in [0.15, 0.2) is 29.3 Å². The molecule has 1 heterocycles. The molecule has 1 aliphatic heterocycles. The second-order valence-corrected chi connectivity index (χ2v) is 7.86. The summed E-state index contributed by atoms with van der Waals surface area (Å²) in [6.45, 7) is 12.6. The van der Waals surface area contributed by atoms with Crippen LogP contribution < -0.4 is 15.4 Å². The van der Waals surface area contributed by atoms with E-state index in [1.165, 1.54) is 5.56 Å². The first-order chi connectivity index (χ1) is 13.4. The van der Waals surface area contributed by atoms with Crippen molar-refractivity contribution >= 4 is 5.96 Å². The van der Waals surface area contributed by atoms with Crippen LogP contribution in [-0.2, 0) is 14.9 Å². The predicted octanol–water partition coefficient (Wildman–Crippen LogP) is 3.11. The maximum absolute atomic E-state index is 5.65. The molecule has 0 aliphatic carbocycles. The van der Waals surface area contributed by atoms with Gasteiger partial charge in [0.2, 0.25) is 0 Å². The van der Waals surface area contributed by atoms with Crippen molar-refractivity contribution in [3.63, 3.8) is 0 Å². The largest absolute Gasteiger partial charge is 0.494 e. The minimum atomic E-state index is -0.284. The molecule has 1 aromatic rings. The standard InChI is InChI=1S/C22H37N3O3/c1-6-23-20(24-16-21(3,4)26-5)25-17-22(12-14-27-15-13-22)18-8-10-19(11-9-18)28-7-2/h8-11H,6-7,12-17H2,1-5H3,(H2,23,24,25). The van der Waals surface area contributed by atoms with Gasteiger partial charge >= 0.3 is 0 Å². The normalized spacial score (nSPS) is 17.2. The highest BCUT2D eigenvalue weighted by molar-refractivity contribution is 5.80. The average molecular weight is 392 g/mol. The highest BCUT2D eigenvalue weighted by Crippen LogP contribution is 2.35. The molecule has 6 nitrogen and oxygen atoms in total. The van der Waals surface area contributed by atoms with E-state index in [4.69, 9.17) is 19.2 Å². The van der Waals surface area contributed by atoms with E-state index in [1.807, 2.05) is 20.8 Å². The molecule has 1 aromatic carbocycles. The first-order valence-corrected chi connectivity index (χ1v) is 10.3. The summed E-state index contributed by atoms with van der Waals surface area (Å²) >= 11 is 0. The van der Waals surface area contributed by atoms with Gasteiger partial charge in [-0.15, -0.1) is 0 Å². The van der Waals surface area contributed by atoms with Gasteiger partial charge in [0.25, 0.3) is 0 Å². The van der Waals surface area contributed by atoms with Crippen LogP contribution in [0.25, 0.3) is 0 Å². The van der Waals surface area contributed by atoms with Crippen molar-refractivity contribution in [3.8, 4) is 5.75 Å². The lowest BCUT2D eigenvalue weighted by Crippen LogP contribution is -2.48. The second-order valence-electron chi connectivity index (χ2n) is 7.86. The van der Waals surface area contributed by atoms with Gasteiger partial charge < -0.3 is 24.8 Å². The Morgan fingerprint density at radius 3 is 2.39 bits per heavy atom. The lowest BCUT2D eigenvalue weighted by molar-refractivity contribution is 0.0310. The molecule has 2 rings (SSSR count). The fraction of sp³-hybridized carbons (Fsp3) is 0.682. The van der Waals surface area contributed by atoms with Crippen molar-refractivity contribution in [2.75, 3.05) is 46.6 Å². The molecule has 158 valence electrons. The van der Waals surface area contributed by atoms with Gasteiger partial charge in [-0.3, -0.25) is 4.99 Å². The monoisotopic (exact) mass is 391 g/mol. The van der Waals surface area contributed by atoms with Gasteiger partial charge in [-0.05, 0) is 58.2 Å². The molecule has 0 atom stereocenters. The van der Waals surface area contributed by atoms with Crippen molar-refractivity contribution in [1.29, 1.82) is 0 Å². The van der Waals surface area contributed by atoms with Crippen LogP contribution in [0.4, 0.5) is 0 Å². The molecular formula is C22H37N3O3. The minimum absolute atomic E-state index is 0.0238. The summed E-state index contributed by atoms with van der Waals surface area (Å²) in [6.07, 6.45) is 1.97. The van der Waals surface area contributed by atoms with Gasteiger partial charge in [0.15, 0.2) is 5.96 Å². The summed E-state index contributed by atoms with van der Waals surface area (Å²) in [5.74, 6) is 1.74. The summed E-state index contributed by atoms with van der Waals surface area (Å²) in [6, 6.07) is 8.51. The van der Waals surface area contributed by atoms with E-state index in [1.54, 1.807) is 7.11 Å². The Hall–Kier alpha value is -1.79. The molecule has 1 fully saturated rings. The van der Waals surface area contributed by atoms with Gasteiger partial charge in [0.1, 0.15) is 5.75 Å². The Bertz CT molecular complexity index is 608. The fourth-order valence-corrected chi connectivity index (χ4v) is 3.33. The van der Waals surface area contributed by atoms with Gasteiger partial charge in [0, 0.05) is 38.8 Å². The number of rotatable bonds is 9. The van der Waals surface area contributed by atoms with E-state index in [0.717, 1.165) is 50.9 Å². The number of methoxy groups -OCH3 is 1. The van der Waals surface area contributed by atoms with Crippen LogP contribution >= 0.6 is 0 Å². The maximum Gasteiger partial charge on any atom is 0.191 e. The quantitative estimate of drug-likeness (QED) is 0.500. The molecule has 28 heavy (non-hydrogen) atoms. The number of nitrogens with one attached hydrogen (secondary N) is 2. The summed E-state index contributed by atoms with van der Waals surface area (Å²) in [7, 11) is 1.72. The predicted molar refractivity (Wildman–Crippen MR) is 114 cm³/mol. The molecule has 0 radical (unpaired) electrons. The van der Waals surface area contributed by atoms with Gasteiger partial charge in [-0.1, -0.05) is 12.1 Å². The molecule has 0 saturated carbocycles. The van der Waals surface area contributed by atoms with Crippen molar-refractivity contribution < 1.29 is 14.2 Å². The summed E-state index contributed by atoms with van der Waals surface area (Å²) in [5, 5.41) is 6.91. The van der Waals surface area contributed by atoms with Crippen LogP contribution in [0.3, 0.4) is 0 Å². The zero-order chi connectivity index (χ0) is 20.5. The first-order valence-electron chi connectivity index (χ1n) is 10.3. The SMILES string of the molecule is CCNC(=NCC(C)(C)OC)NCC1(c2ccc(OCC)cc2)CCOCC1. The van der Waals surface area contributed by atoms with E-state index in [-0.39, 0.29) is 11.0 Å². The van der Waals surface area contributed by atoms with E-state index >= 15 is 0 Å². The van der Waals surface area contributed by atoms with E-state index in [2.05, 4.69) is 41.8 Å². The third-order valence-corrected chi connectivity index (χ3v) is 5.34. The van der Waals surface area contributed by atoms with Crippen molar-refractivity contribution in [1.82, 2.24) is 10.6 Å². The Morgan fingerprint density at radius 1 is 1.14 bits per heavy atom. The number of hydrogen-bond donors (Lipinski definition) is 2. The molecule has 2 N–H and O–H groups in total. The average Bonchev–Trinajstić information content (AvgIpc) is 2.71. The topological polar surface area (TPSA) is 64.1 Å². The zero-order valence-corrected chi connectivity index (χ0v) is 18.1. The van der Waals surface area contributed by atoms with Crippen LogP contribution in [0.5, 0.6) is 5.75 Å². The Morgan fingerprint density at radius 2 is 1.82 bits per heavy atom.